The van der Waals surface area contributed by atoms with E-state index in [0.29, 0.717) is 5.41 Å². The maximum atomic E-state index is 4.16. The molecule has 0 bridgehead atoms. The van der Waals surface area contributed by atoms with E-state index in [9.17, 15) is 0 Å². The molecule has 2 rings (SSSR count). The van der Waals surface area contributed by atoms with Gasteiger partial charge >= 0.3 is 0 Å². The molecule has 0 spiro atoms. The van der Waals surface area contributed by atoms with Gasteiger partial charge in [0.1, 0.15) is 0 Å². The zero-order chi connectivity index (χ0) is 12.1. The zero-order valence-corrected chi connectivity index (χ0v) is 10.7. The lowest BCUT2D eigenvalue weighted by Crippen LogP contribution is -2.48. The molecule has 2 N–H and O–H groups in total. The summed E-state index contributed by atoms with van der Waals surface area (Å²) in [5.41, 5.74) is 1.76. The number of nitrogens with zero attached hydrogens (tertiary/aromatic N) is 1. The van der Waals surface area contributed by atoms with Gasteiger partial charge in [-0.2, -0.15) is 0 Å². The molecule has 0 unspecified atom stereocenters. The number of guanidine groups is 1. The lowest BCUT2D eigenvalue weighted by atomic mass is 9.64. The molecule has 3 nitrogen and oxygen atoms in total. The van der Waals surface area contributed by atoms with Gasteiger partial charge in [0.15, 0.2) is 5.96 Å². The summed E-state index contributed by atoms with van der Waals surface area (Å²) < 4.78 is 0. The van der Waals surface area contributed by atoms with Gasteiger partial charge in [-0.15, -0.1) is 0 Å². The Kier molecular flexibility index (Phi) is 3.67. The number of hydrogen-bond donors (Lipinski definition) is 2. The Morgan fingerprint density at radius 2 is 2.00 bits per heavy atom. The third-order valence-electron chi connectivity index (χ3n) is 3.75. The third-order valence-corrected chi connectivity index (χ3v) is 3.75. The van der Waals surface area contributed by atoms with Crippen LogP contribution in [0.4, 0.5) is 0 Å². The largest absolute Gasteiger partial charge is 0.359 e. The van der Waals surface area contributed by atoms with Crippen LogP contribution in [0.5, 0.6) is 0 Å². The van der Waals surface area contributed by atoms with Crippen LogP contribution in [0.1, 0.15) is 24.8 Å². The van der Waals surface area contributed by atoms with E-state index in [1.165, 1.54) is 24.8 Å². The molecule has 92 valence electrons. The molecule has 0 saturated heterocycles. The smallest absolute Gasteiger partial charge is 0.190 e. The summed E-state index contributed by atoms with van der Waals surface area (Å²) in [6, 6.07) is 10.8. The van der Waals surface area contributed by atoms with Gasteiger partial charge in [-0.25, -0.2) is 0 Å². The number of rotatable bonds is 3. The highest BCUT2D eigenvalue weighted by Gasteiger charge is 2.38. The van der Waals surface area contributed by atoms with Crippen molar-refractivity contribution in [2.24, 2.45) is 4.99 Å². The number of hydrogen-bond acceptors (Lipinski definition) is 1. The Bertz CT molecular complexity index is 380. The molecule has 1 fully saturated rings. The Hall–Kier alpha value is -1.51. The van der Waals surface area contributed by atoms with Crippen LogP contribution in [0.3, 0.4) is 0 Å². The molecule has 1 aliphatic carbocycles. The summed E-state index contributed by atoms with van der Waals surface area (Å²) in [6.07, 6.45) is 3.87. The van der Waals surface area contributed by atoms with E-state index in [2.05, 4.69) is 46.0 Å². The molecular weight excluding hydrogens is 210 g/mol. The van der Waals surface area contributed by atoms with Crippen molar-refractivity contribution in [3.8, 4) is 0 Å². The molecule has 1 saturated carbocycles. The standard InChI is InChI=1S/C14H21N3/c1-15-13(16-2)17-11-14(9-6-10-14)12-7-4-3-5-8-12/h3-5,7-8H,6,9-11H2,1-2H3,(H2,15,16,17). The zero-order valence-electron chi connectivity index (χ0n) is 10.7. The topological polar surface area (TPSA) is 36.4 Å². The van der Waals surface area contributed by atoms with Gasteiger partial charge in [0.2, 0.25) is 0 Å². The average molecular weight is 231 g/mol. The average Bonchev–Trinajstić information content (AvgIpc) is 2.34. The quantitative estimate of drug-likeness (QED) is 0.616. The molecular formula is C14H21N3. The van der Waals surface area contributed by atoms with Crippen LogP contribution in [0.15, 0.2) is 35.3 Å². The van der Waals surface area contributed by atoms with Crippen LogP contribution in [0.25, 0.3) is 0 Å². The maximum absolute atomic E-state index is 4.16. The lowest BCUT2D eigenvalue weighted by Gasteiger charge is -2.42. The second-order valence-corrected chi connectivity index (χ2v) is 4.68. The maximum Gasteiger partial charge on any atom is 0.190 e. The summed E-state index contributed by atoms with van der Waals surface area (Å²) in [5, 5.41) is 6.46. The van der Waals surface area contributed by atoms with Gasteiger partial charge in [0.25, 0.3) is 0 Å². The first-order valence-corrected chi connectivity index (χ1v) is 6.25. The fourth-order valence-electron chi connectivity index (χ4n) is 2.49. The summed E-state index contributed by atoms with van der Waals surface area (Å²) in [5.74, 6) is 0.868. The van der Waals surface area contributed by atoms with Crippen LogP contribution in [0.2, 0.25) is 0 Å². The molecule has 0 aromatic heterocycles. The Morgan fingerprint density at radius 1 is 1.29 bits per heavy atom. The van der Waals surface area contributed by atoms with Crippen molar-refractivity contribution in [1.29, 1.82) is 0 Å². The molecule has 1 aliphatic rings. The second-order valence-electron chi connectivity index (χ2n) is 4.68. The predicted molar refractivity (Wildman–Crippen MR) is 72.4 cm³/mol. The van der Waals surface area contributed by atoms with E-state index < -0.39 is 0 Å². The number of aliphatic imine (C=N–C) groups is 1. The molecule has 0 radical (unpaired) electrons. The number of nitrogens with one attached hydrogen (secondary N) is 2. The SMILES string of the molecule is CN=C(NC)NCC1(c2ccccc2)CCC1. The van der Waals surface area contributed by atoms with Gasteiger partial charge in [-0.1, -0.05) is 36.8 Å². The summed E-state index contributed by atoms with van der Waals surface area (Å²) in [6.45, 7) is 0.963. The van der Waals surface area contributed by atoms with Crippen LogP contribution >= 0.6 is 0 Å². The second kappa shape index (κ2) is 5.21. The first-order valence-electron chi connectivity index (χ1n) is 6.25. The van der Waals surface area contributed by atoms with Gasteiger partial charge < -0.3 is 10.6 Å². The van der Waals surface area contributed by atoms with Gasteiger partial charge in [-0.05, 0) is 18.4 Å². The molecule has 0 aliphatic heterocycles. The summed E-state index contributed by atoms with van der Waals surface area (Å²) >= 11 is 0. The molecule has 0 amide bonds. The Labute approximate surface area is 103 Å². The van der Waals surface area contributed by atoms with Crippen molar-refractivity contribution >= 4 is 5.96 Å². The molecule has 0 heterocycles. The predicted octanol–water partition coefficient (Wildman–Crippen LogP) is 1.90. The van der Waals surface area contributed by atoms with E-state index in [0.717, 1.165) is 12.5 Å². The fraction of sp³-hybridized carbons (Fsp3) is 0.500. The van der Waals surface area contributed by atoms with Crippen molar-refractivity contribution in [3.63, 3.8) is 0 Å². The Balaban J connectivity index is 2.06. The van der Waals surface area contributed by atoms with E-state index in [1.807, 2.05) is 7.05 Å². The number of benzene rings is 1. The molecule has 3 heteroatoms. The fourth-order valence-corrected chi connectivity index (χ4v) is 2.49. The monoisotopic (exact) mass is 231 g/mol. The van der Waals surface area contributed by atoms with Gasteiger partial charge in [-0.3, -0.25) is 4.99 Å². The Morgan fingerprint density at radius 3 is 2.47 bits per heavy atom. The van der Waals surface area contributed by atoms with E-state index in [4.69, 9.17) is 0 Å². The van der Waals surface area contributed by atoms with E-state index >= 15 is 0 Å². The minimum absolute atomic E-state index is 0.314. The van der Waals surface area contributed by atoms with E-state index in [1.54, 1.807) is 7.05 Å². The van der Waals surface area contributed by atoms with Crippen molar-refractivity contribution < 1.29 is 0 Å². The normalized spacial score (nSPS) is 18.4. The minimum Gasteiger partial charge on any atom is -0.359 e. The van der Waals surface area contributed by atoms with Gasteiger partial charge in [0.05, 0.1) is 0 Å². The minimum atomic E-state index is 0.314. The van der Waals surface area contributed by atoms with Crippen molar-refractivity contribution in [1.82, 2.24) is 10.6 Å². The van der Waals surface area contributed by atoms with Crippen molar-refractivity contribution in [2.75, 3.05) is 20.6 Å². The van der Waals surface area contributed by atoms with Crippen LogP contribution in [-0.4, -0.2) is 26.6 Å². The lowest BCUT2D eigenvalue weighted by molar-refractivity contribution is 0.244. The summed E-state index contributed by atoms with van der Waals surface area (Å²) in [7, 11) is 3.69. The molecule has 1 aromatic carbocycles. The van der Waals surface area contributed by atoms with Crippen molar-refractivity contribution in [2.45, 2.75) is 24.7 Å². The first kappa shape index (κ1) is 12.0. The molecule has 1 aromatic rings. The van der Waals surface area contributed by atoms with E-state index in [-0.39, 0.29) is 0 Å². The van der Waals surface area contributed by atoms with Crippen LogP contribution < -0.4 is 10.6 Å². The summed E-state index contributed by atoms with van der Waals surface area (Å²) in [4.78, 5) is 4.16. The van der Waals surface area contributed by atoms with Crippen LogP contribution in [-0.2, 0) is 5.41 Å². The third kappa shape index (κ3) is 2.43. The highest BCUT2D eigenvalue weighted by Crippen LogP contribution is 2.42. The first-order chi connectivity index (χ1) is 8.30. The highest BCUT2D eigenvalue weighted by atomic mass is 15.2. The molecule has 17 heavy (non-hydrogen) atoms. The molecule has 0 atom stereocenters. The van der Waals surface area contributed by atoms with Crippen LogP contribution in [0, 0.1) is 0 Å². The van der Waals surface area contributed by atoms with Gasteiger partial charge in [0, 0.05) is 26.1 Å². The highest BCUT2D eigenvalue weighted by molar-refractivity contribution is 5.79. The van der Waals surface area contributed by atoms with Crippen molar-refractivity contribution in [3.05, 3.63) is 35.9 Å².